The van der Waals surface area contributed by atoms with E-state index in [9.17, 15) is 14.3 Å². The number of nitrogens with zero attached hydrogens (tertiary/aromatic N) is 1. The number of carbonyl (C=O) groups is 1. The summed E-state index contributed by atoms with van der Waals surface area (Å²) in [5.74, 6) is -0.317. The zero-order chi connectivity index (χ0) is 14.7. The molecule has 1 atom stereocenters. The number of aromatic amines is 1. The maximum atomic E-state index is 13.1. The maximum Gasteiger partial charge on any atom is 0.226 e. The molecule has 0 bridgehead atoms. The summed E-state index contributed by atoms with van der Waals surface area (Å²) in [6.45, 7) is 2.22. The average Bonchev–Trinajstić information content (AvgIpc) is 2.78. The molecule has 2 rings (SSSR count). The topological polar surface area (TPSA) is 56.3 Å². The largest absolute Gasteiger partial charge is 0.393 e. The fraction of sp³-hybridized carbons (Fsp3) is 0.400. The number of nitrogens with one attached hydrogen (secondary N) is 1. The van der Waals surface area contributed by atoms with Crippen molar-refractivity contribution in [1.29, 1.82) is 0 Å². The number of halogens is 1. The first-order valence-electron chi connectivity index (χ1n) is 6.65. The van der Waals surface area contributed by atoms with Crippen LogP contribution in [0.4, 0.5) is 4.39 Å². The molecule has 0 fully saturated rings. The lowest BCUT2D eigenvalue weighted by Crippen LogP contribution is -2.30. The van der Waals surface area contributed by atoms with E-state index in [0.717, 1.165) is 10.9 Å². The van der Waals surface area contributed by atoms with E-state index in [0.29, 0.717) is 18.5 Å². The van der Waals surface area contributed by atoms with Gasteiger partial charge in [0, 0.05) is 30.7 Å². The fourth-order valence-corrected chi connectivity index (χ4v) is 2.11. The number of likely N-dealkylation sites (N-methyl/N-ethyl adjacent to an activating group) is 1. The summed E-state index contributed by atoms with van der Waals surface area (Å²) < 4.78 is 13.1. The summed E-state index contributed by atoms with van der Waals surface area (Å²) >= 11 is 0. The molecule has 1 aromatic heterocycles. The predicted molar refractivity (Wildman–Crippen MR) is 75.9 cm³/mol. The Bertz CT molecular complexity index is 607. The van der Waals surface area contributed by atoms with Crippen LogP contribution in [0.1, 0.15) is 18.9 Å². The zero-order valence-corrected chi connectivity index (χ0v) is 11.7. The third-order valence-corrected chi connectivity index (χ3v) is 3.38. The molecule has 0 aliphatic heterocycles. The van der Waals surface area contributed by atoms with Gasteiger partial charge in [-0.2, -0.15) is 0 Å². The van der Waals surface area contributed by atoms with E-state index in [1.54, 1.807) is 31.1 Å². The van der Waals surface area contributed by atoms with Crippen LogP contribution in [0.2, 0.25) is 0 Å². The molecular weight excluding hydrogens is 259 g/mol. The summed E-state index contributed by atoms with van der Waals surface area (Å²) in [6.07, 6.45) is 2.15. The molecule has 2 N–H and O–H groups in total. The molecule has 2 aromatic rings. The lowest BCUT2D eigenvalue weighted by molar-refractivity contribution is -0.129. The van der Waals surface area contributed by atoms with Gasteiger partial charge in [0.05, 0.1) is 12.5 Å². The van der Waals surface area contributed by atoms with Gasteiger partial charge in [0.1, 0.15) is 5.82 Å². The number of benzene rings is 1. The summed E-state index contributed by atoms with van der Waals surface area (Å²) in [7, 11) is 1.72. The first-order valence-corrected chi connectivity index (χ1v) is 6.65. The molecule has 5 heteroatoms. The molecule has 1 heterocycles. The van der Waals surface area contributed by atoms with Crippen molar-refractivity contribution in [3.05, 3.63) is 35.8 Å². The number of hydrogen-bond acceptors (Lipinski definition) is 2. The van der Waals surface area contributed by atoms with Crippen molar-refractivity contribution in [1.82, 2.24) is 9.88 Å². The zero-order valence-electron chi connectivity index (χ0n) is 11.7. The molecule has 0 aliphatic rings. The monoisotopic (exact) mass is 278 g/mol. The summed E-state index contributed by atoms with van der Waals surface area (Å²) in [5, 5.41) is 10.1. The van der Waals surface area contributed by atoms with E-state index < -0.39 is 6.10 Å². The van der Waals surface area contributed by atoms with Crippen molar-refractivity contribution >= 4 is 16.8 Å². The highest BCUT2D eigenvalue weighted by Crippen LogP contribution is 2.20. The van der Waals surface area contributed by atoms with Gasteiger partial charge < -0.3 is 15.0 Å². The first kappa shape index (κ1) is 14.5. The molecule has 4 nitrogen and oxygen atoms in total. The van der Waals surface area contributed by atoms with Gasteiger partial charge in [0.2, 0.25) is 5.91 Å². The number of carbonyl (C=O) groups excluding carboxylic acids is 1. The van der Waals surface area contributed by atoms with Gasteiger partial charge in [0.25, 0.3) is 0 Å². The van der Waals surface area contributed by atoms with E-state index in [1.807, 2.05) is 0 Å². The number of amides is 1. The Morgan fingerprint density at radius 3 is 2.95 bits per heavy atom. The smallest absolute Gasteiger partial charge is 0.226 e. The molecule has 0 aliphatic carbocycles. The highest BCUT2D eigenvalue weighted by Gasteiger charge is 2.13. The van der Waals surface area contributed by atoms with Gasteiger partial charge in [-0.3, -0.25) is 4.79 Å². The van der Waals surface area contributed by atoms with Crippen LogP contribution in [-0.2, 0) is 11.2 Å². The highest BCUT2D eigenvalue weighted by atomic mass is 19.1. The molecule has 1 amide bonds. The Hall–Kier alpha value is -1.88. The quantitative estimate of drug-likeness (QED) is 0.879. The van der Waals surface area contributed by atoms with Crippen LogP contribution < -0.4 is 0 Å². The molecule has 20 heavy (non-hydrogen) atoms. The first-order chi connectivity index (χ1) is 9.47. The minimum Gasteiger partial charge on any atom is -0.393 e. The standard InChI is InChI=1S/C15H19FN2O2/c1-10(19)5-6-18(2)15(20)7-11-9-17-14-8-12(16)3-4-13(11)14/h3-4,8-10,17,19H,5-7H2,1-2H3. The van der Waals surface area contributed by atoms with Crippen molar-refractivity contribution in [2.24, 2.45) is 0 Å². The summed E-state index contributed by atoms with van der Waals surface area (Å²) in [4.78, 5) is 16.7. The normalized spacial score (nSPS) is 12.6. The van der Waals surface area contributed by atoms with Gasteiger partial charge in [0.15, 0.2) is 0 Å². The van der Waals surface area contributed by atoms with Crippen molar-refractivity contribution in [2.45, 2.75) is 25.9 Å². The van der Waals surface area contributed by atoms with Crippen LogP contribution in [0, 0.1) is 5.82 Å². The minimum absolute atomic E-state index is 0.0177. The lowest BCUT2D eigenvalue weighted by Gasteiger charge is -2.17. The van der Waals surface area contributed by atoms with Crippen molar-refractivity contribution in [3.8, 4) is 0 Å². The van der Waals surface area contributed by atoms with Crippen molar-refractivity contribution < 1.29 is 14.3 Å². The Balaban J connectivity index is 2.06. The van der Waals surface area contributed by atoms with E-state index in [-0.39, 0.29) is 18.1 Å². The molecular formula is C15H19FN2O2. The number of rotatable bonds is 5. The van der Waals surface area contributed by atoms with E-state index in [4.69, 9.17) is 0 Å². The molecule has 0 saturated heterocycles. The number of aliphatic hydroxyl groups excluding tert-OH is 1. The summed E-state index contributed by atoms with van der Waals surface area (Å²) in [6, 6.07) is 4.49. The number of aromatic nitrogens is 1. The Labute approximate surface area is 117 Å². The number of fused-ring (bicyclic) bond motifs is 1. The maximum absolute atomic E-state index is 13.1. The number of H-pyrrole nitrogens is 1. The molecule has 108 valence electrons. The molecule has 0 saturated carbocycles. The van der Waals surface area contributed by atoms with Crippen molar-refractivity contribution in [3.63, 3.8) is 0 Å². The van der Waals surface area contributed by atoms with Crippen LogP contribution in [0.25, 0.3) is 10.9 Å². The van der Waals surface area contributed by atoms with E-state index in [2.05, 4.69) is 4.98 Å². The van der Waals surface area contributed by atoms with E-state index >= 15 is 0 Å². The van der Waals surface area contributed by atoms with Gasteiger partial charge >= 0.3 is 0 Å². The Kier molecular flexibility index (Phi) is 4.39. The lowest BCUT2D eigenvalue weighted by atomic mass is 10.1. The molecule has 1 unspecified atom stereocenters. The molecule has 0 spiro atoms. The van der Waals surface area contributed by atoms with E-state index in [1.165, 1.54) is 12.1 Å². The third-order valence-electron chi connectivity index (χ3n) is 3.38. The van der Waals surface area contributed by atoms with Gasteiger partial charge in [-0.15, -0.1) is 0 Å². The molecule has 0 radical (unpaired) electrons. The SMILES string of the molecule is CC(O)CCN(C)C(=O)Cc1c[nH]c2cc(F)ccc12. The van der Waals surface area contributed by atoms with Crippen LogP contribution >= 0.6 is 0 Å². The van der Waals surface area contributed by atoms with Gasteiger partial charge in [-0.25, -0.2) is 4.39 Å². The second-order valence-electron chi connectivity index (χ2n) is 5.13. The van der Waals surface area contributed by atoms with Gasteiger partial charge in [-0.1, -0.05) is 0 Å². The van der Waals surface area contributed by atoms with Crippen LogP contribution in [0.3, 0.4) is 0 Å². The van der Waals surface area contributed by atoms with Crippen LogP contribution in [-0.4, -0.2) is 40.6 Å². The third kappa shape index (κ3) is 3.36. The molecule has 1 aromatic carbocycles. The van der Waals surface area contributed by atoms with Crippen LogP contribution in [0.15, 0.2) is 24.4 Å². The Morgan fingerprint density at radius 1 is 1.50 bits per heavy atom. The van der Waals surface area contributed by atoms with Gasteiger partial charge in [-0.05, 0) is 37.1 Å². The second kappa shape index (κ2) is 6.05. The Morgan fingerprint density at radius 2 is 2.25 bits per heavy atom. The minimum atomic E-state index is -0.415. The number of aliphatic hydroxyl groups is 1. The van der Waals surface area contributed by atoms with Crippen molar-refractivity contribution in [2.75, 3.05) is 13.6 Å². The second-order valence-corrected chi connectivity index (χ2v) is 5.13. The predicted octanol–water partition coefficient (Wildman–Crippen LogP) is 2.08. The summed E-state index contributed by atoms with van der Waals surface area (Å²) in [5.41, 5.74) is 1.55. The highest BCUT2D eigenvalue weighted by molar-refractivity contribution is 5.88. The van der Waals surface area contributed by atoms with Crippen LogP contribution in [0.5, 0.6) is 0 Å². The average molecular weight is 278 g/mol. The fourth-order valence-electron chi connectivity index (χ4n) is 2.11. The number of hydrogen-bond donors (Lipinski definition) is 2.